The minimum Gasteiger partial charge on any atom is -0.383 e. The SMILES string of the molecule is COCC1CCOP(=O)(NCCCl)N1CCCl. The highest BCUT2D eigenvalue weighted by Crippen LogP contribution is 2.51. The van der Waals surface area contributed by atoms with Crippen LogP contribution in [0.15, 0.2) is 0 Å². The van der Waals surface area contributed by atoms with E-state index in [2.05, 4.69) is 5.09 Å². The molecule has 0 aromatic rings. The number of hydrogen-bond acceptors (Lipinski definition) is 3. The van der Waals surface area contributed by atoms with Crippen LogP contribution in [0.3, 0.4) is 0 Å². The van der Waals surface area contributed by atoms with Crippen molar-refractivity contribution in [2.75, 3.05) is 45.2 Å². The van der Waals surface area contributed by atoms with E-state index in [0.29, 0.717) is 38.1 Å². The topological polar surface area (TPSA) is 50.8 Å². The molecule has 1 N–H and O–H groups in total. The van der Waals surface area contributed by atoms with Crippen molar-refractivity contribution in [3.8, 4) is 0 Å². The van der Waals surface area contributed by atoms with Gasteiger partial charge in [-0.1, -0.05) is 0 Å². The predicted molar refractivity (Wildman–Crippen MR) is 70.0 cm³/mol. The van der Waals surface area contributed by atoms with Crippen LogP contribution in [-0.2, 0) is 13.8 Å². The molecule has 1 aliphatic rings. The number of rotatable bonds is 7. The lowest BCUT2D eigenvalue weighted by atomic mass is 10.2. The van der Waals surface area contributed by atoms with Crippen molar-refractivity contribution in [2.24, 2.45) is 0 Å². The predicted octanol–water partition coefficient (Wildman–Crippen LogP) is 1.90. The summed E-state index contributed by atoms with van der Waals surface area (Å²) in [5.41, 5.74) is 0. The van der Waals surface area contributed by atoms with E-state index >= 15 is 0 Å². The molecule has 5 nitrogen and oxygen atoms in total. The fourth-order valence-electron chi connectivity index (χ4n) is 1.83. The zero-order valence-electron chi connectivity index (χ0n) is 9.90. The van der Waals surface area contributed by atoms with E-state index in [1.54, 1.807) is 11.8 Å². The van der Waals surface area contributed by atoms with Crippen molar-refractivity contribution >= 4 is 30.9 Å². The molecule has 0 aromatic heterocycles. The van der Waals surface area contributed by atoms with E-state index in [0.717, 1.165) is 6.42 Å². The zero-order valence-corrected chi connectivity index (χ0v) is 12.3. The Bertz CT molecular complexity index is 269. The molecule has 17 heavy (non-hydrogen) atoms. The molecule has 0 radical (unpaired) electrons. The Labute approximate surface area is 112 Å². The van der Waals surface area contributed by atoms with Crippen molar-refractivity contribution in [3.63, 3.8) is 0 Å². The molecule has 1 rings (SSSR count). The Balaban J connectivity index is 2.73. The van der Waals surface area contributed by atoms with Crippen LogP contribution in [0.25, 0.3) is 0 Å². The number of halogens is 2. The molecule has 1 heterocycles. The summed E-state index contributed by atoms with van der Waals surface area (Å²) in [5, 5.41) is 2.88. The summed E-state index contributed by atoms with van der Waals surface area (Å²) < 4.78 is 24.9. The second-order valence-corrected chi connectivity index (χ2v) is 6.59. The first-order valence-corrected chi connectivity index (χ1v) is 8.20. The van der Waals surface area contributed by atoms with Gasteiger partial charge in [0.1, 0.15) is 0 Å². The first kappa shape index (κ1) is 15.7. The number of nitrogens with one attached hydrogen (secondary N) is 1. The Hall–Kier alpha value is 0.650. The van der Waals surface area contributed by atoms with Crippen LogP contribution >= 0.6 is 30.9 Å². The molecular weight excluding hydrogens is 286 g/mol. The van der Waals surface area contributed by atoms with Gasteiger partial charge in [-0.05, 0) is 6.42 Å². The quantitative estimate of drug-likeness (QED) is 0.575. The molecule has 1 aliphatic heterocycles. The van der Waals surface area contributed by atoms with E-state index in [-0.39, 0.29) is 6.04 Å². The van der Waals surface area contributed by atoms with Crippen molar-refractivity contribution in [1.29, 1.82) is 0 Å². The highest BCUT2D eigenvalue weighted by atomic mass is 35.5. The molecular formula is C9H19Cl2N2O3P. The molecule has 2 atom stereocenters. The van der Waals surface area contributed by atoms with Gasteiger partial charge in [0.25, 0.3) is 0 Å². The third-order valence-corrected chi connectivity index (χ3v) is 5.27. The first-order valence-electron chi connectivity index (χ1n) is 5.55. The number of methoxy groups -OCH3 is 1. The third kappa shape index (κ3) is 4.35. The van der Waals surface area contributed by atoms with E-state index in [1.165, 1.54) is 0 Å². The molecule has 0 amide bonds. The fraction of sp³-hybridized carbons (Fsp3) is 1.00. The molecule has 0 saturated carbocycles. The molecule has 0 bridgehead atoms. The van der Waals surface area contributed by atoms with E-state index in [4.69, 9.17) is 32.5 Å². The largest absolute Gasteiger partial charge is 0.383 e. The van der Waals surface area contributed by atoms with E-state index in [1.807, 2.05) is 0 Å². The van der Waals surface area contributed by atoms with Crippen LogP contribution in [0, 0.1) is 0 Å². The average molecular weight is 305 g/mol. The number of ether oxygens (including phenoxy) is 1. The summed E-state index contributed by atoms with van der Waals surface area (Å²) >= 11 is 11.3. The summed E-state index contributed by atoms with van der Waals surface area (Å²) in [6.45, 7) is 1.92. The Morgan fingerprint density at radius 1 is 1.53 bits per heavy atom. The molecule has 1 saturated heterocycles. The number of alkyl halides is 2. The van der Waals surface area contributed by atoms with Gasteiger partial charge in [-0.3, -0.25) is 4.57 Å². The summed E-state index contributed by atoms with van der Waals surface area (Å²) in [4.78, 5) is 0. The van der Waals surface area contributed by atoms with Crippen LogP contribution < -0.4 is 5.09 Å². The fourth-order valence-corrected chi connectivity index (χ4v) is 4.50. The van der Waals surface area contributed by atoms with Crippen LogP contribution in [0.1, 0.15) is 6.42 Å². The maximum atomic E-state index is 12.6. The Kier molecular flexibility index (Phi) is 7.34. The van der Waals surface area contributed by atoms with Gasteiger partial charge >= 0.3 is 7.67 Å². The second-order valence-electron chi connectivity index (χ2n) is 3.70. The smallest absolute Gasteiger partial charge is 0.343 e. The molecule has 0 aliphatic carbocycles. The van der Waals surface area contributed by atoms with Crippen molar-refractivity contribution in [2.45, 2.75) is 12.5 Å². The van der Waals surface area contributed by atoms with Gasteiger partial charge in [0, 0.05) is 38.0 Å². The summed E-state index contributed by atoms with van der Waals surface area (Å²) in [6, 6.07) is 0.0705. The lowest BCUT2D eigenvalue weighted by Gasteiger charge is -2.40. The van der Waals surface area contributed by atoms with Crippen LogP contribution in [0.5, 0.6) is 0 Å². The van der Waals surface area contributed by atoms with Crippen molar-refractivity contribution in [3.05, 3.63) is 0 Å². The van der Waals surface area contributed by atoms with Crippen LogP contribution in [-0.4, -0.2) is 55.9 Å². The normalized spacial score (nSPS) is 30.6. The highest BCUT2D eigenvalue weighted by Gasteiger charge is 2.40. The molecule has 2 unspecified atom stereocenters. The average Bonchev–Trinajstić information content (AvgIpc) is 2.32. The standard InChI is InChI=1S/C9H19Cl2N2O3P/c1-15-8-9-2-7-16-17(14,12-5-3-10)13(9)6-4-11/h9H,2-8H2,1H3,(H,12,14). The minimum atomic E-state index is -3.01. The number of nitrogens with zero attached hydrogens (tertiary/aromatic N) is 1. The summed E-state index contributed by atoms with van der Waals surface area (Å²) in [5.74, 6) is 0.785. The Morgan fingerprint density at radius 2 is 2.29 bits per heavy atom. The van der Waals surface area contributed by atoms with Crippen molar-refractivity contribution in [1.82, 2.24) is 9.76 Å². The summed E-state index contributed by atoms with van der Waals surface area (Å²) in [6.07, 6.45) is 0.789. The van der Waals surface area contributed by atoms with Gasteiger partial charge in [-0.25, -0.2) is 9.76 Å². The summed E-state index contributed by atoms with van der Waals surface area (Å²) in [7, 11) is -1.38. The second kappa shape index (κ2) is 7.95. The molecule has 0 spiro atoms. The monoisotopic (exact) mass is 304 g/mol. The van der Waals surface area contributed by atoms with Gasteiger partial charge in [0.05, 0.1) is 13.2 Å². The van der Waals surface area contributed by atoms with Gasteiger partial charge in [-0.15, -0.1) is 23.2 Å². The zero-order chi connectivity index (χ0) is 12.7. The maximum absolute atomic E-state index is 12.6. The number of hydrogen-bond donors (Lipinski definition) is 1. The van der Waals surface area contributed by atoms with Gasteiger partial charge in [-0.2, -0.15) is 0 Å². The van der Waals surface area contributed by atoms with E-state index < -0.39 is 7.67 Å². The minimum absolute atomic E-state index is 0.0705. The molecule has 8 heteroatoms. The van der Waals surface area contributed by atoms with Crippen molar-refractivity contribution < 1.29 is 13.8 Å². The first-order chi connectivity index (χ1) is 8.18. The van der Waals surface area contributed by atoms with E-state index in [9.17, 15) is 4.57 Å². The van der Waals surface area contributed by atoms with Gasteiger partial charge < -0.3 is 9.26 Å². The Morgan fingerprint density at radius 3 is 2.88 bits per heavy atom. The molecule has 1 fully saturated rings. The van der Waals surface area contributed by atoms with Crippen LogP contribution in [0.4, 0.5) is 0 Å². The highest BCUT2D eigenvalue weighted by molar-refractivity contribution is 7.54. The molecule has 0 aromatic carbocycles. The van der Waals surface area contributed by atoms with Gasteiger partial charge in [0.15, 0.2) is 0 Å². The van der Waals surface area contributed by atoms with Crippen LogP contribution in [0.2, 0.25) is 0 Å². The third-order valence-electron chi connectivity index (χ3n) is 2.56. The lowest BCUT2D eigenvalue weighted by Crippen LogP contribution is -2.45. The maximum Gasteiger partial charge on any atom is 0.343 e. The van der Waals surface area contributed by atoms with Gasteiger partial charge in [0.2, 0.25) is 0 Å². The lowest BCUT2D eigenvalue weighted by molar-refractivity contribution is 0.0834. The molecule has 102 valence electrons.